The maximum Gasteiger partial charge on any atom is 0.421 e. The first-order valence-corrected chi connectivity index (χ1v) is 6.89. The van der Waals surface area contributed by atoms with E-state index >= 15 is 0 Å². The number of nitrogens with one attached hydrogen (secondary N) is 1. The molecule has 8 heteroatoms. The van der Waals surface area contributed by atoms with Gasteiger partial charge in [-0.25, -0.2) is 9.52 Å². The topological polar surface area (TPSA) is 95.9 Å². The van der Waals surface area contributed by atoms with Crippen LogP contribution in [0.4, 0.5) is 4.79 Å². The largest absolute Gasteiger partial charge is 0.449 e. The molecule has 2 N–H and O–H groups in total. The molecule has 0 bridgehead atoms. The van der Waals surface area contributed by atoms with Crippen molar-refractivity contribution < 1.29 is 23.1 Å². The van der Waals surface area contributed by atoms with Crippen molar-refractivity contribution in [3.05, 3.63) is 0 Å². The number of aliphatic hydroxyl groups is 1. The lowest BCUT2D eigenvalue weighted by molar-refractivity contribution is 0.158. The first-order chi connectivity index (χ1) is 7.94. The number of nitrogens with zero attached hydrogens (tertiary/aromatic N) is 1. The van der Waals surface area contributed by atoms with Crippen molar-refractivity contribution in [1.29, 1.82) is 0 Å². The minimum absolute atomic E-state index is 0.0948. The van der Waals surface area contributed by atoms with Crippen LogP contribution in [-0.2, 0) is 14.9 Å². The second kappa shape index (κ2) is 8.26. The average molecular weight is 268 g/mol. The number of hydrogen-bond donors (Lipinski definition) is 2. The predicted molar refractivity (Wildman–Crippen MR) is 62.6 cm³/mol. The summed E-state index contributed by atoms with van der Waals surface area (Å²) in [6, 6.07) is 0. The molecule has 0 aromatic heterocycles. The summed E-state index contributed by atoms with van der Waals surface area (Å²) in [6.07, 6.45) is 1.02. The minimum Gasteiger partial charge on any atom is -0.449 e. The van der Waals surface area contributed by atoms with Crippen LogP contribution >= 0.6 is 0 Å². The Balaban J connectivity index is 4.07. The lowest BCUT2D eigenvalue weighted by Gasteiger charge is -2.16. The van der Waals surface area contributed by atoms with E-state index in [9.17, 15) is 13.2 Å². The quantitative estimate of drug-likeness (QED) is 0.607. The summed E-state index contributed by atoms with van der Waals surface area (Å²) in [7, 11) is -2.45. The Hall–Kier alpha value is -0.860. The van der Waals surface area contributed by atoms with E-state index in [1.54, 1.807) is 11.6 Å². The van der Waals surface area contributed by atoms with Crippen LogP contribution in [0.15, 0.2) is 0 Å². The maximum absolute atomic E-state index is 11.5. The van der Waals surface area contributed by atoms with Crippen LogP contribution in [-0.4, -0.2) is 50.7 Å². The van der Waals surface area contributed by atoms with E-state index in [-0.39, 0.29) is 19.8 Å². The zero-order valence-corrected chi connectivity index (χ0v) is 11.0. The summed E-state index contributed by atoms with van der Waals surface area (Å²) >= 11 is 0. The fraction of sp³-hybridized carbons (Fsp3) is 0.889. The fourth-order valence-electron chi connectivity index (χ4n) is 1.09. The molecule has 0 aliphatic heterocycles. The van der Waals surface area contributed by atoms with Gasteiger partial charge in [0.15, 0.2) is 0 Å². The Morgan fingerprint density at radius 3 is 2.53 bits per heavy atom. The highest BCUT2D eigenvalue weighted by atomic mass is 32.2. The smallest absolute Gasteiger partial charge is 0.421 e. The van der Waals surface area contributed by atoms with Gasteiger partial charge in [-0.05, 0) is 26.2 Å². The molecule has 0 unspecified atom stereocenters. The first kappa shape index (κ1) is 16.1. The summed E-state index contributed by atoms with van der Waals surface area (Å²) in [5.41, 5.74) is 0. The van der Waals surface area contributed by atoms with Crippen molar-refractivity contribution in [2.45, 2.75) is 26.2 Å². The van der Waals surface area contributed by atoms with E-state index in [1.165, 1.54) is 7.05 Å². The van der Waals surface area contributed by atoms with Crippen molar-refractivity contribution in [3.63, 3.8) is 0 Å². The molecule has 0 fully saturated rings. The van der Waals surface area contributed by atoms with Crippen molar-refractivity contribution in [2.75, 3.05) is 26.8 Å². The lowest BCUT2D eigenvalue weighted by Crippen LogP contribution is -2.42. The number of rotatable bonds is 8. The van der Waals surface area contributed by atoms with Gasteiger partial charge in [-0.3, -0.25) is 0 Å². The third-order valence-electron chi connectivity index (χ3n) is 2.03. The molecule has 0 aliphatic rings. The van der Waals surface area contributed by atoms with Gasteiger partial charge in [-0.15, -0.1) is 0 Å². The average Bonchev–Trinajstić information content (AvgIpc) is 2.23. The third-order valence-corrected chi connectivity index (χ3v) is 3.46. The molecule has 0 spiro atoms. The van der Waals surface area contributed by atoms with E-state index in [2.05, 4.69) is 4.74 Å². The van der Waals surface area contributed by atoms with Crippen molar-refractivity contribution in [2.24, 2.45) is 0 Å². The standard InChI is InChI=1S/C9H20N2O5S/c1-3-16-9(13)10-17(14,15)11(2)7-5-4-6-8-12/h12H,3-8H2,1-2H3,(H,10,13). The highest BCUT2D eigenvalue weighted by molar-refractivity contribution is 7.87. The van der Waals surface area contributed by atoms with Crippen LogP contribution in [0.3, 0.4) is 0 Å². The SMILES string of the molecule is CCOC(=O)NS(=O)(=O)N(C)CCCCCO. The van der Waals surface area contributed by atoms with Crippen molar-refractivity contribution >= 4 is 16.3 Å². The molecule has 0 saturated heterocycles. The summed E-state index contributed by atoms with van der Waals surface area (Å²) in [6.45, 7) is 2.08. The zero-order chi connectivity index (χ0) is 13.3. The number of ether oxygens (including phenoxy) is 1. The van der Waals surface area contributed by atoms with Gasteiger partial charge in [0, 0.05) is 20.2 Å². The molecule has 0 aromatic rings. The minimum atomic E-state index is -3.82. The molecule has 0 radical (unpaired) electrons. The Bertz CT molecular complexity index is 317. The highest BCUT2D eigenvalue weighted by Gasteiger charge is 2.20. The van der Waals surface area contributed by atoms with Gasteiger partial charge in [0.1, 0.15) is 0 Å². The Morgan fingerprint density at radius 2 is 2.00 bits per heavy atom. The molecule has 0 aromatic carbocycles. The van der Waals surface area contributed by atoms with E-state index in [0.717, 1.165) is 10.7 Å². The highest BCUT2D eigenvalue weighted by Crippen LogP contribution is 2.00. The van der Waals surface area contributed by atoms with Gasteiger partial charge in [-0.1, -0.05) is 0 Å². The summed E-state index contributed by atoms with van der Waals surface area (Å²) in [5, 5.41) is 8.56. The molecule has 0 aliphatic carbocycles. The molecule has 0 rings (SSSR count). The second-order valence-electron chi connectivity index (χ2n) is 3.43. The van der Waals surface area contributed by atoms with Gasteiger partial charge in [-0.2, -0.15) is 12.7 Å². The number of amides is 1. The number of unbranched alkanes of at least 4 members (excludes halogenated alkanes) is 2. The van der Waals surface area contributed by atoms with Gasteiger partial charge < -0.3 is 9.84 Å². The van der Waals surface area contributed by atoms with Crippen molar-refractivity contribution in [1.82, 2.24) is 9.03 Å². The number of carbonyl (C=O) groups is 1. The van der Waals surface area contributed by atoms with E-state index in [1.807, 2.05) is 0 Å². The van der Waals surface area contributed by atoms with Gasteiger partial charge in [0.2, 0.25) is 0 Å². The van der Waals surface area contributed by atoms with Crippen LogP contribution < -0.4 is 4.72 Å². The normalized spacial score (nSPS) is 11.5. The number of carbonyl (C=O) groups excluding carboxylic acids is 1. The zero-order valence-electron chi connectivity index (χ0n) is 10.2. The molecule has 0 atom stereocenters. The Labute approximate surface area is 102 Å². The van der Waals surface area contributed by atoms with E-state index in [0.29, 0.717) is 12.8 Å². The predicted octanol–water partition coefficient (Wildman–Crippen LogP) is 0.0717. The van der Waals surface area contributed by atoms with E-state index < -0.39 is 16.3 Å². The fourth-order valence-corrected chi connectivity index (χ4v) is 1.88. The second-order valence-corrected chi connectivity index (χ2v) is 5.21. The molecular formula is C9H20N2O5S. The van der Waals surface area contributed by atoms with E-state index in [4.69, 9.17) is 5.11 Å². The molecular weight excluding hydrogens is 248 g/mol. The summed E-state index contributed by atoms with van der Waals surface area (Å²) < 4.78 is 30.4. The Kier molecular flexibility index (Phi) is 7.85. The summed E-state index contributed by atoms with van der Waals surface area (Å²) in [4.78, 5) is 11.0. The molecule has 7 nitrogen and oxygen atoms in total. The van der Waals surface area contributed by atoms with Crippen LogP contribution in [0.5, 0.6) is 0 Å². The molecule has 0 heterocycles. The van der Waals surface area contributed by atoms with Crippen LogP contribution in [0, 0.1) is 0 Å². The van der Waals surface area contributed by atoms with Crippen LogP contribution in [0.1, 0.15) is 26.2 Å². The van der Waals surface area contributed by atoms with Crippen molar-refractivity contribution in [3.8, 4) is 0 Å². The molecule has 17 heavy (non-hydrogen) atoms. The lowest BCUT2D eigenvalue weighted by atomic mass is 10.2. The molecule has 0 saturated carbocycles. The number of aliphatic hydroxyl groups excluding tert-OH is 1. The monoisotopic (exact) mass is 268 g/mol. The maximum atomic E-state index is 11.5. The number of hydrogen-bond acceptors (Lipinski definition) is 5. The van der Waals surface area contributed by atoms with Gasteiger partial charge in [0.05, 0.1) is 6.61 Å². The van der Waals surface area contributed by atoms with Crippen LogP contribution in [0.25, 0.3) is 0 Å². The molecule has 1 amide bonds. The van der Waals surface area contributed by atoms with Crippen LogP contribution in [0.2, 0.25) is 0 Å². The summed E-state index contributed by atoms with van der Waals surface area (Å²) in [5.74, 6) is 0. The first-order valence-electron chi connectivity index (χ1n) is 5.45. The van der Waals surface area contributed by atoms with Gasteiger partial charge in [0.25, 0.3) is 0 Å². The van der Waals surface area contributed by atoms with Gasteiger partial charge >= 0.3 is 16.3 Å². The third kappa shape index (κ3) is 7.14. The molecule has 102 valence electrons. The Morgan fingerprint density at radius 1 is 1.35 bits per heavy atom.